The Morgan fingerprint density at radius 1 is 0.769 bits per heavy atom. The lowest BCUT2D eigenvalue weighted by Gasteiger charge is -1.97. The fraction of sp³-hybridized carbons (Fsp3) is 0. The highest BCUT2D eigenvalue weighted by atomic mass is 32.2. The summed E-state index contributed by atoms with van der Waals surface area (Å²) in [6, 6.07) is 29.9. The van der Waals surface area contributed by atoms with Crippen molar-refractivity contribution in [3.63, 3.8) is 0 Å². The molecule has 26 heavy (non-hydrogen) atoms. The van der Waals surface area contributed by atoms with Crippen LogP contribution in [0.4, 0.5) is 5.88 Å². The maximum absolute atomic E-state index is 5.96. The predicted octanol–water partition coefficient (Wildman–Crippen LogP) is 6.24. The Morgan fingerprint density at radius 2 is 1.38 bits per heavy atom. The Kier molecular flexibility index (Phi) is 4.94. The Labute approximate surface area is 156 Å². The van der Waals surface area contributed by atoms with E-state index in [1.165, 1.54) is 0 Å². The van der Waals surface area contributed by atoms with E-state index in [0.29, 0.717) is 11.8 Å². The highest BCUT2D eigenvalue weighted by molar-refractivity contribution is 7.99. The molecule has 0 unspecified atom stereocenters. The maximum atomic E-state index is 5.96. The van der Waals surface area contributed by atoms with Crippen LogP contribution < -0.4 is 0 Å². The molecule has 1 heterocycles. The van der Waals surface area contributed by atoms with E-state index >= 15 is 0 Å². The van der Waals surface area contributed by atoms with E-state index in [4.69, 9.17) is 4.42 Å². The first-order valence-electron chi connectivity index (χ1n) is 8.27. The highest BCUT2D eigenvalue weighted by Crippen LogP contribution is 2.37. The van der Waals surface area contributed by atoms with E-state index in [0.717, 1.165) is 21.0 Å². The van der Waals surface area contributed by atoms with Crippen LogP contribution in [0.1, 0.15) is 5.56 Å². The third-order valence-electron chi connectivity index (χ3n) is 3.69. The van der Waals surface area contributed by atoms with Gasteiger partial charge in [0.1, 0.15) is 0 Å². The SMILES string of the molecule is C(=Nc1oc(-c2ccccc2)nc1Sc1ccccc1)c1ccccc1. The number of aliphatic imine (C=N–C) groups is 1. The van der Waals surface area contributed by atoms with Gasteiger partial charge < -0.3 is 4.42 Å². The van der Waals surface area contributed by atoms with E-state index in [2.05, 4.69) is 9.98 Å². The van der Waals surface area contributed by atoms with Crippen LogP contribution in [0.3, 0.4) is 0 Å². The molecule has 0 N–H and O–H groups in total. The van der Waals surface area contributed by atoms with E-state index < -0.39 is 0 Å². The number of aromatic nitrogens is 1. The monoisotopic (exact) mass is 356 g/mol. The zero-order valence-corrected chi connectivity index (χ0v) is 14.8. The molecular formula is C22H16N2OS. The Hall–Kier alpha value is -3.11. The van der Waals surface area contributed by atoms with E-state index in [-0.39, 0.29) is 0 Å². The minimum absolute atomic E-state index is 0.515. The zero-order valence-electron chi connectivity index (χ0n) is 13.9. The van der Waals surface area contributed by atoms with Crippen LogP contribution in [0, 0.1) is 0 Å². The van der Waals surface area contributed by atoms with Crippen molar-refractivity contribution in [3.05, 3.63) is 96.6 Å². The molecule has 4 rings (SSSR count). The lowest BCUT2D eigenvalue weighted by molar-refractivity contribution is 0.582. The minimum Gasteiger partial charge on any atom is -0.417 e. The summed E-state index contributed by atoms with van der Waals surface area (Å²) >= 11 is 1.55. The van der Waals surface area contributed by atoms with Gasteiger partial charge >= 0.3 is 0 Å². The molecule has 0 amide bonds. The highest BCUT2D eigenvalue weighted by Gasteiger charge is 2.15. The van der Waals surface area contributed by atoms with Crippen LogP contribution in [0.2, 0.25) is 0 Å². The second-order valence-corrected chi connectivity index (χ2v) is 6.64. The molecule has 0 bridgehead atoms. The molecule has 0 aliphatic rings. The quantitative estimate of drug-likeness (QED) is 0.397. The molecule has 0 aliphatic heterocycles. The second kappa shape index (κ2) is 7.85. The molecule has 4 aromatic rings. The lowest BCUT2D eigenvalue weighted by Crippen LogP contribution is -1.79. The number of rotatable bonds is 5. The van der Waals surface area contributed by atoms with Crippen LogP contribution in [0.15, 0.2) is 110 Å². The van der Waals surface area contributed by atoms with Gasteiger partial charge in [-0.2, -0.15) is 4.98 Å². The fourth-order valence-corrected chi connectivity index (χ4v) is 3.25. The van der Waals surface area contributed by atoms with Crippen molar-refractivity contribution in [2.75, 3.05) is 0 Å². The average molecular weight is 356 g/mol. The minimum atomic E-state index is 0.515. The fourth-order valence-electron chi connectivity index (χ4n) is 2.42. The first kappa shape index (κ1) is 16.4. The summed E-state index contributed by atoms with van der Waals surface area (Å²) in [5, 5.41) is 0.752. The summed E-state index contributed by atoms with van der Waals surface area (Å²) in [5.74, 6) is 1.09. The Balaban J connectivity index is 1.70. The zero-order chi connectivity index (χ0) is 17.6. The van der Waals surface area contributed by atoms with Crippen molar-refractivity contribution in [3.8, 4) is 11.5 Å². The van der Waals surface area contributed by atoms with Crippen molar-refractivity contribution in [1.29, 1.82) is 0 Å². The van der Waals surface area contributed by atoms with Gasteiger partial charge in [-0.3, -0.25) is 0 Å². The molecule has 0 fully saturated rings. The number of benzene rings is 3. The smallest absolute Gasteiger partial charge is 0.254 e. The van der Waals surface area contributed by atoms with Crippen LogP contribution in [-0.4, -0.2) is 11.2 Å². The maximum Gasteiger partial charge on any atom is 0.254 e. The van der Waals surface area contributed by atoms with Crippen LogP contribution in [0.25, 0.3) is 11.5 Å². The molecule has 1 aromatic heterocycles. The van der Waals surface area contributed by atoms with Crippen molar-refractivity contribution < 1.29 is 4.42 Å². The van der Waals surface area contributed by atoms with Gasteiger partial charge in [-0.25, -0.2) is 4.99 Å². The van der Waals surface area contributed by atoms with E-state index in [1.54, 1.807) is 18.0 Å². The lowest BCUT2D eigenvalue weighted by atomic mass is 10.2. The van der Waals surface area contributed by atoms with Gasteiger partial charge in [0, 0.05) is 16.7 Å². The first-order chi connectivity index (χ1) is 12.9. The van der Waals surface area contributed by atoms with Crippen LogP contribution in [-0.2, 0) is 0 Å². The van der Waals surface area contributed by atoms with Gasteiger partial charge in [0.15, 0.2) is 5.03 Å². The number of hydrogen-bond acceptors (Lipinski definition) is 4. The van der Waals surface area contributed by atoms with Gasteiger partial charge in [-0.1, -0.05) is 78.5 Å². The summed E-state index contributed by atoms with van der Waals surface area (Å²) in [5.41, 5.74) is 1.95. The summed E-state index contributed by atoms with van der Waals surface area (Å²) in [7, 11) is 0. The van der Waals surface area contributed by atoms with E-state index in [9.17, 15) is 0 Å². The van der Waals surface area contributed by atoms with Crippen molar-refractivity contribution in [2.45, 2.75) is 9.92 Å². The van der Waals surface area contributed by atoms with Gasteiger partial charge in [0.2, 0.25) is 5.89 Å². The topological polar surface area (TPSA) is 38.4 Å². The van der Waals surface area contributed by atoms with Gasteiger partial charge in [-0.15, -0.1) is 0 Å². The van der Waals surface area contributed by atoms with E-state index in [1.807, 2.05) is 91.0 Å². The number of nitrogens with zero attached hydrogens (tertiary/aromatic N) is 2. The number of oxazole rings is 1. The summed E-state index contributed by atoms with van der Waals surface area (Å²) in [6.07, 6.45) is 1.80. The molecule has 0 radical (unpaired) electrons. The standard InChI is InChI=1S/C22H16N2OS/c1-4-10-17(11-5-1)16-23-21-22(26-19-14-8-3-9-15-19)24-20(25-21)18-12-6-2-7-13-18/h1-16H. The molecule has 0 saturated heterocycles. The second-order valence-electron chi connectivity index (χ2n) is 5.58. The third kappa shape index (κ3) is 3.92. The molecular weight excluding hydrogens is 340 g/mol. The normalized spacial score (nSPS) is 11.1. The molecule has 0 aliphatic carbocycles. The largest absolute Gasteiger partial charge is 0.417 e. The predicted molar refractivity (Wildman–Crippen MR) is 106 cm³/mol. The summed E-state index contributed by atoms with van der Waals surface area (Å²) in [4.78, 5) is 10.3. The summed E-state index contributed by atoms with van der Waals surface area (Å²) in [6.45, 7) is 0. The first-order valence-corrected chi connectivity index (χ1v) is 9.08. The van der Waals surface area contributed by atoms with Crippen LogP contribution >= 0.6 is 11.8 Å². The average Bonchev–Trinajstić information content (AvgIpc) is 3.11. The third-order valence-corrected chi connectivity index (χ3v) is 4.66. The Bertz CT molecular complexity index is 996. The van der Waals surface area contributed by atoms with Gasteiger partial charge in [-0.05, 0) is 29.8 Å². The molecule has 3 nitrogen and oxygen atoms in total. The van der Waals surface area contributed by atoms with Crippen molar-refractivity contribution >= 4 is 23.9 Å². The van der Waals surface area contributed by atoms with Crippen LogP contribution in [0.5, 0.6) is 0 Å². The van der Waals surface area contributed by atoms with Crippen molar-refractivity contribution in [1.82, 2.24) is 4.98 Å². The molecule has 4 heteroatoms. The molecule has 0 atom stereocenters. The molecule has 126 valence electrons. The summed E-state index contributed by atoms with van der Waals surface area (Å²) < 4.78 is 5.96. The van der Waals surface area contributed by atoms with Gasteiger partial charge in [0.05, 0.1) is 0 Å². The molecule has 0 saturated carbocycles. The van der Waals surface area contributed by atoms with Gasteiger partial charge in [0.25, 0.3) is 5.88 Å². The Morgan fingerprint density at radius 3 is 2.08 bits per heavy atom. The molecule has 3 aromatic carbocycles. The molecule has 0 spiro atoms. The number of hydrogen-bond donors (Lipinski definition) is 0. The van der Waals surface area contributed by atoms with Crippen molar-refractivity contribution in [2.24, 2.45) is 4.99 Å².